The number of halogens is 2. The van der Waals surface area contributed by atoms with Crippen molar-refractivity contribution in [3.63, 3.8) is 0 Å². The fraction of sp³-hybridized carbons (Fsp3) is 0.538. The molecule has 1 heterocycles. The van der Waals surface area contributed by atoms with Crippen molar-refractivity contribution >= 4 is 0 Å². The molecule has 0 atom stereocenters. The second kappa shape index (κ2) is 4.13. The molecule has 1 aliphatic rings. The maximum atomic E-state index is 14.7. The van der Waals surface area contributed by atoms with Crippen LogP contribution in [0.4, 0.5) is 8.78 Å². The van der Waals surface area contributed by atoms with Gasteiger partial charge >= 0.3 is 0 Å². The zero-order chi connectivity index (χ0) is 11.8. The van der Waals surface area contributed by atoms with Crippen LogP contribution in [0, 0.1) is 19.7 Å². The molecule has 1 nitrogen and oxygen atoms in total. The first kappa shape index (κ1) is 11.5. The van der Waals surface area contributed by atoms with Gasteiger partial charge in [-0.05, 0) is 57.0 Å². The maximum Gasteiger partial charge on any atom is 0.141 e. The highest BCUT2D eigenvalue weighted by molar-refractivity contribution is 5.36. The summed E-state index contributed by atoms with van der Waals surface area (Å²) in [6, 6.07) is 3.27. The van der Waals surface area contributed by atoms with Gasteiger partial charge in [-0.3, -0.25) is 0 Å². The van der Waals surface area contributed by atoms with Crippen molar-refractivity contribution in [1.29, 1.82) is 0 Å². The minimum Gasteiger partial charge on any atom is -0.316 e. The smallest absolute Gasteiger partial charge is 0.141 e. The van der Waals surface area contributed by atoms with Gasteiger partial charge in [0, 0.05) is 5.56 Å². The van der Waals surface area contributed by atoms with Crippen LogP contribution in [0.5, 0.6) is 0 Å². The third-order valence-electron chi connectivity index (χ3n) is 3.28. The largest absolute Gasteiger partial charge is 0.316 e. The molecule has 1 N–H and O–H groups in total. The van der Waals surface area contributed by atoms with Crippen LogP contribution < -0.4 is 5.32 Å². The van der Waals surface area contributed by atoms with Gasteiger partial charge in [0.25, 0.3) is 0 Å². The predicted molar refractivity (Wildman–Crippen MR) is 60.8 cm³/mol. The molecule has 0 bridgehead atoms. The molecule has 1 fully saturated rings. The summed E-state index contributed by atoms with van der Waals surface area (Å²) in [4.78, 5) is 0. The summed E-state index contributed by atoms with van der Waals surface area (Å²) < 4.78 is 28.6. The van der Waals surface area contributed by atoms with Crippen molar-refractivity contribution < 1.29 is 8.78 Å². The van der Waals surface area contributed by atoms with Crippen molar-refractivity contribution in [2.75, 3.05) is 13.1 Å². The van der Waals surface area contributed by atoms with Crippen LogP contribution in [0.1, 0.15) is 29.5 Å². The van der Waals surface area contributed by atoms with E-state index in [1.165, 1.54) is 6.07 Å². The number of aryl methyl sites for hydroxylation is 2. The van der Waals surface area contributed by atoms with E-state index in [1.807, 2.05) is 13.0 Å². The Bertz CT molecular complexity index is 372. The Morgan fingerprint density at radius 1 is 1.19 bits per heavy atom. The highest BCUT2D eigenvalue weighted by Gasteiger charge is 2.37. The van der Waals surface area contributed by atoms with Crippen molar-refractivity contribution in [3.8, 4) is 0 Å². The molecule has 1 aromatic carbocycles. The van der Waals surface area contributed by atoms with Gasteiger partial charge in [-0.25, -0.2) is 8.78 Å². The Hall–Kier alpha value is -0.960. The monoisotopic (exact) mass is 225 g/mol. The van der Waals surface area contributed by atoms with Crippen LogP contribution in [0.15, 0.2) is 12.1 Å². The molecule has 1 aliphatic heterocycles. The molecule has 0 spiro atoms. The second-order valence-electron chi connectivity index (χ2n) is 4.65. The van der Waals surface area contributed by atoms with E-state index in [0.29, 0.717) is 25.9 Å². The number of hydrogen-bond donors (Lipinski definition) is 1. The van der Waals surface area contributed by atoms with Crippen molar-refractivity contribution in [3.05, 3.63) is 34.6 Å². The maximum absolute atomic E-state index is 14.7. The number of nitrogens with one attached hydrogen (secondary N) is 1. The minimum absolute atomic E-state index is 0.264. The normalized spacial score (nSPS) is 19.8. The summed E-state index contributed by atoms with van der Waals surface area (Å²) in [6.07, 6.45) is 0.710. The lowest BCUT2D eigenvalue weighted by Crippen LogP contribution is -2.37. The minimum atomic E-state index is -1.49. The predicted octanol–water partition coefficient (Wildman–Crippen LogP) is 2.99. The van der Waals surface area contributed by atoms with Gasteiger partial charge in [0.1, 0.15) is 11.5 Å². The zero-order valence-corrected chi connectivity index (χ0v) is 9.74. The lowest BCUT2D eigenvalue weighted by molar-refractivity contribution is 0.109. The van der Waals surface area contributed by atoms with Crippen LogP contribution in [0.2, 0.25) is 0 Å². The van der Waals surface area contributed by atoms with Gasteiger partial charge in [0.2, 0.25) is 0 Å². The van der Waals surface area contributed by atoms with Crippen LogP contribution in [-0.2, 0) is 5.67 Å². The molecule has 0 radical (unpaired) electrons. The molecular weight excluding hydrogens is 208 g/mol. The Kier molecular flexibility index (Phi) is 2.98. The molecule has 2 rings (SSSR count). The van der Waals surface area contributed by atoms with E-state index in [4.69, 9.17) is 0 Å². The van der Waals surface area contributed by atoms with E-state index >= 15 is 0 Å². The molecule has 16 heavy (non-hydrogen) atoms. The zero-order valence-electron chi connectivity index (χ0n) is 9.74. The van der Waals surface area contributed by atoms with Crippen LogP contribution in [0.3, 0.4) is 0 Å². The summed E-state index contributed by atoms with van der Waals surface area (Å²) in [5.74, 6) is -0.401. The standard InChI is InChI=1S/C13H17F2N/c1-9-7-10(2)12(11(14)8-9)13(15)3-5-16-6-4-13/h7-8,16H,3-6H2,1-2H3. The van der Waals surface area contributed by atoms with E-state index in [9.17, 15) is 8.78 Å². The van der Waals surface area contributed by atoms with Crippen LogP contribution in [0.25, 0.3) is 0 Å². The number of benzene rings is 1. The average Bonchev–Trinajstić information content (AvgIpc) is 2.16. The Morgan fingerprint density at radius 3 is 2.38 bits per heavy atom. The Labute approximate surface area is 94.9 Å². The molecule has 0 aliphatic carbocycles. The summed E-state index contributed by atoms with van der Waals surface area (Å²) in [6.45, 7) is 4.84. The van der Waals surface area contributed by atoms with Crippen LogP contribution >= 0.6 is 0 Å². The number of rotatable bonds is 1. The lowest BCUT2D eigenvalue weighted by atomic mass is 9.83. The highest BCUT2D eigenvalue weighted by Crippen LogP contribution is 2.38. The number of piperidine rings is 1. The fourth-order valence-corrected chi connectivity index (χ4v) is 2.56. The fourth-order valence-electron chi connectivity index (χ4n) is 2.56. The van der Waals surface area contributed by atoms with Gasteiger partial charge in [-0.15, -0.1) is 0 Å². The first-order valence-corrected chi connectivity index (χ1v) is 5.70. The molecule has 0 unspecified atom stereocenters. The number of hydrogen-bond acceptors (Lipinski definition) is 1. The first-order valence-electron chi connectivity index (χ1n) is 5.70. The summed E-state index contributed by atoms with van der Waals surface area (Å²) in [5, 5.41) is 3.10. The SMILES string of the molecule is Cc1cc(C)c(C2(F)CCNCC2)c(F)c1. The van der Waals surface area contributed by atoms with E-state index in [1.54, 1.807) is 6.92 Å². The highest BCUT2D eigenvalue weighted by atomic mass is 19.1. The molecule has 0 saturated carbocycles. The molecule has 88 valence electrons. The molecule has 0 aromatic heterocycles. The molecular formula is C13H17F2N. The summed E-state index contributed by atoms with van der Waals surface area (Å²) in [5.41, 5.74) is 0.338. The van der Waals surface area contributed by atoms with E-state index in [0.717, 1.165) is 11.1 Å². The molecule has 0 amide bonds. The van der Waals surface area contributed by atoms with Gasteiger partial charge in [-0.1, -0.05) is 6.07 Å². The van der Waals surface area contributed by atoms with E-state index < -0.39 is 11.5 Å². The van der Waals surface area contributed by atoms with Crippen LogP contribution in [-0.4, -0.2) is 13.1 Å². The Balaban J connectivity index is 2.46. The second-order valence-corrected chi connectivity index (χ2v) is 4.65. The van der Waals surface area contributed by atoms with E-state index in [2.05, 4.69) is 5.32 Å². The van der Waals surface area contributed by atoms with Gasteiger partial charge < -0.3 is 5.32 Å². The van der Waals surface area contributed by atoms with Gasteiger partial charge in [-0.2, -0.15) is 0 Å². The Morgan fingerprint density at radius 2 is 1.81 bits per heavy atom. The molecule has 3 heteroatoms. The quantitative estimate of drug-likeness (QED) is 0.774. The lowest BCUT2D eigenvalue weighted by Gasteiger charge is -2.32. The number of alkyl halides is 1. The first-order chi connectivity index (χ1) is 7.53. The third kappa shape index (κ3) is 1.96. The van der Waals surface area contributed by atoms with Crippen molar-refractivity contribution in [2.24, 2.45) is 0 Å². The van der Waals surface area contributed by atoms with Crippen molar-refractivity contribution in [2.45, 2.75) is 32.4 Å². The summed E-state index contributed by atoms with van der Waals surface area (Å²) >= 11 is 0. The van der Waals surface area contributed by atoms with Gasteiger partial charge in [0.15, 0.2) is 0 Å². The molecule has 1 aromatic rings. The third-order valence-corrected chi connectivity index (χ3v) is 3.28. The van der Waals surface area contributed by atoms with Gasteiger partial charge in [0.05, 0.1) is 0 Å². The van der Waals surface area contributed by atoms with Crippen molar-refractivity contribution in [1.82, 2.24) is 5.32 Å². The molecule has 1 saturated heterocycles. The van der Waals surface area contributed by atoms with E-state index in [-0.39, 0.29) is 5.56 Å². The topological polar surface area (TPSA) is 12.0 Å². The average molecular weight is 225 g/mol. The summed E-state index contributed by atoms with van der Waals surface area (Å²) in [7, 11) is 0.